The van der Waals surface area contributed by atoms with Gasteiger partial charge in [-0.2, -0.15) is 5.10 Å². The van der Waals surface area contributed by atoms with Crippen LogP contribution in [-0.2, 0) is 13.1 Å². The molecule has 0 bridgehead atoms. The van der Waals surface area contributed by atoms with Crippen LogP contribution in [0.15, 0.2) is 104 Å². The number of aromatic nitrogens is 7. The van der Waals surface area contributed by atoms with E-state index in [0.717, 1.165) is 74.4 Å². The normalized spacial score (nSPS) is 11.4. The van der Waals surface area contributed by atoms with E-state index in [1.807, 2.05) is 55.1 Å². The minimum atomic E-state index is 0.720. The molecule has 0 radical (unpaired) electrons. The molecule has 7 aromatic rings. The second kappa shape index (κ2) is 9.92. The van der Waals surface area contributed by atoms with Crippen LogP contribution in [0.3, 0.4) is 0 Å². The number of nitrogens with zero attached hydrogens (tertiary/aromatic N) is 5. The highest BCUT2D eigenvalue weighted by Crippen LogP contribution is 2.33. The molecule has 1 aromatic carbocycles. The van der Waals surface area contributed by atoms with Crippen LogP contribution >= 0.6 is 0 Å². The molecule has 7 rings (SSSR count). The van der Waals surface area contributed by atoms with E-state index in [1.165, 1.54) is 5.56 Å². The molecule has 0 aliphatic heterocycles. The third kappa shape index (κ3) is 4.54. The van der Waals surface area contributed by atoms with Gasteiger partial charge in [-0.1, -0.05) is 30.3 Å². The van der Waals surface area contributed by atoms with E-state index in [0.29, 0.717) is 0 Å². The summed E-state index contributed by atoms with van der Waals surface area (Å²) in [7, 11) is 0. The van der Waals surface area contributed by atoms with E-state index < -0.39 is 0 Å². The summed E-state index contributed by atoms with van der Waals surface area (Å²) in [5, 5.41) is 12.3. The second-order valence-electron chi connectivity index (χ2n) is 9.40. The van der Waals surface area contributed by atoms with Gasteiger partial charge in [0.25, 0.3) is 0 Å². The van der Waals surface area contributed by atoms with Crippen LogP contribution in [0.25, 0.3) is 55.7 Å². The molecular formula is C31H24N8. The minimum absolute atomic E-state index is 0.720. The van der Waals surface area contributed by atoms with Crippen molar-refractivity contribution >= 4 is 21.9 Å². The summed E-state index contributed by atoms with van der Waals surface area (Å²) in [6.07, 6.45) is 11.0. The largest absolute Gasteiger partial charge is 0.352 e. The topological polar surface area (TPSA) is 108 Å². The van der Waals surface area contributed by atoms with Gasteiger partial charge in [0.05, 0.1) is 28.6 Å². The standard InChI is InChI=1S/C31H24N8/c1-2-4-20(5-3-1)14-33-15-21-12-23(17-34-16-21)26-6-7-27-30(37-26)31(39-38-27)28-13-24-25(18-35-19-29(24)36-28)22-8-10-32-11-9-22/h1-13,16-19,33,36H,14-15H2,(H,38,39). The molecule has 0 saturated heterocycles. The minimum Gasteiger partial charge on any atom is -0.352 e. The van der Waals surface area contributed by atoms with Crippen LogP contribution in [0.5, 0.6) is 0 Å². The number of hydrogen-bond donors (Lipinski definition) is 3. The Hall–Kier alpha value is -5.21. The SMILES string of the molecule is c1ccc(CNCc2cncc(-c3ccc4[nH]nc(-c5cc6c(-c7ccncc7)cncc6[nH]5)c4n3)c2)cc1. The lowest BCUT2D eigenvalue weighted by molar-refractivity contribution is 0.691. The Bertz CT molecular complexity index is 1890. The lowest BCUT2D eigenvalue weighted by Gasteiger charge is -2.07. The van der Waals surface area contributed by atoms with E-state index in [9.17, 15) is 0 Å². The molecule has 188 valence electrons. The van der Waals surface area contributed by atoms with Gasteiger partial charge in [-0.3, -0.25) is 20.1 Å². The predicted octanol–water partition coefficient (Wildman–Crippen LogP) is 5.92. The van der Waals surface area contributed by atoms with Gasteiger partial charge in [-0.15, -0.1) is 0 Å². The van der Waals surface area contributed by atoms with Gasteiger partial charge in [0.2, 0.25) is 0 Å². The summed E-state index contributed by atoms with van der Waals surface area (Å²) >= 11 is 0. The average molecular weight is 509 g/mol. The lowest BCUT2D eigenvalue weighted by atomic mass is 10.1. The summed E-state index contributed by atoms with van der Waals surface area (Å²) in [5.74, 6) is 0. The van der Waals surface area contributed by atoms with Crippen molar-refractivity contribution in [3.8, 4) is 33.8 Å². The zero-order chi connectivity index (χ0) is 26.0. The molecule has 6 heterocycles. The smallest absolute Gasteiger partial charge is 0.135 e. The monoisotopic (exact) mass is 508 g/mol. The quantitative estimate of drug-likeness (QED) is 0.247. The predicted molar refractivity (Wildman–Crippen MR) is 152 cm³/mol. The highest BCUT2D eigenvalue weighted by atomic mass is 15.1. The fourth-order valence-electron chi connectivity index (χ4n) is 4.86. The zero-order valence-corrected chi connectivity index (χ0v) is 21.0. The first-order valence-electron chi connectivity index (χ1n) is 12.7. The number of rotatable bonds is 7. The van der Waals surface area contributed by atoms with E-state index in [2.05, 4.69) is 71.8 Å². The highest BCUT2D eigenvalue weighted by molar-refractivity contribution is 5.99. The summed E-state index contributed by atoms with van der Waals surface area (Å²) in [5.41, 5.74) is 10.5. The van der Waals surface area contributed by atoms with Crippen molar-refractivity contribution in [3.63, 3.8) is 0 Å². The number of nitrogens with one attached hydrogen (secondary N) is 3. The van der Waals surface area contributed by atoms with Crippen LogP contribution in [0, 0.1) is 0 Å². The summed E-state index contributed by atoms with van der Waals surface area (Å²) in [6, 6.07) is 22.6. The highest BCUT2D eigenvalue weighted by Gasteiger charge is 2.16. The Labute approximate surface area is 224 Å². The summed E-state index contributed by atoms with van der Waals surface area (Å²) < 4.78 is 0. The maximum absolute atomic E-state index is 5.00. The Kier molecular flexibility index (Phi) is 5.84. The molecule has 8 nitrogen and oxygen atoms in total. The number of fused-ring (bicyclic) bond motifs is 2. The first kappa shape index (κ1) is 22.9. The Balaban J connectivity index is 1.20. The molecule has 0 aliphatic rings. The molecule has 3 N–H and O–H groups in total. The van der Waals surface area contributed by atoms with Gasteiger partial charge in [0, 0.05) is 60.6 Å². The van der Waals surface area contributed by atoms with Crippen molar-refractivity contribution in [1.29, 1.82) is 0 Å². The molecule has 39 heavy (non-hydrogen) atoms. The molecule has 0 amide bonds. The van der Waals surface area contributed by atoms with Crippen molar-refractivity contribution in [2.45, 2.75) is 13.1 Å². The Morgan fingerprint density at radius 1 is 0.692 bits per heavy atom. The molecule has 8 heteroatoms. The Morgan fingerprint density at radius 2 is 1.54 bits per heavy atom. The molecule has 0 unspecified atom stereocenters. The first-order chi connectivity index (χ1) is 19.3. The maximum Gasteiger partial charge on any atom is 0.135 e. The summed E-state index contributed by atoms with van der Waals surface area (Å²) in [4.78, 5) is 21.5. The van der Waals surface area contributed by atoms with Crippen LogP contribution in [0.4, 0.5) is 0 Å². The number of pyridine rings is 4. The molecule has 0 saturated carbocycles. The van der Waals surface area contributed by atoms with E-state index in [4.69, 9.17) is 4.98 Å². The molecule has 0 atom stereocenters. The zero-order valence-electron chi connectivity index (χ0n) is 21.0. The van der Waals surface area contributed by atoms with Crippen molar-refractivity contribution in [2.75, 3.05) is 0 Å². The number of benzene rings is 1. The average Bonchev–Trinajstić information content (AvgIpc) is 3.62. The third-order valence-electron chi connectivity index (χ3n) is 6.79. The van der Waals surface area contributed by atoms with Gasteiger partial charge < -0.3 is 10.3 Å². The molecule has 6 aromatic heterocycles. The molecule has 0 spiro atoms. The lowest BCUT2D eigenvalue weighted by Crippen LogP contribution is -2.12. The van der Waals surface area contributed by atoms with Crippen molar-refractivity contribution in [1.82, 2.24) is 40.4 Å². The van der Waals surface area contributed by atoms with Gasteiger partial charge in [-0.05, 0) is 53.1 Å². The number of aromatic amines is 2. The number of hydrogen-bond acceptors (Lipinski definition) is 6. The van der Waals surface area contributed by atoms with Crippen molar-refractivity contribution < 1.29 is 0 Å². The fraction of sp³-hybridized carbons (Fsp3) is 0.0645. The van der Waals surface area contributed by atoms with Crippen LogP contribution in [0.1, 0.15) is 11.1 Å². The van der Waals surface area contributed by atoms with Gasteiger partial charge in [0.1, 0.15) is 11.2 Å². The first-order valence-corrected chi connectivity index (χ1v) is 12.7. The van der Waals surface area contributed by atoms with E-state index >= 15 is 0 Å². The fourth-order valence-corrected chi connectivity index (χ4v) is 4.86. The van der Waals surface area contributed by atoms with Crippen LogP contribution in [0.2, 0.25) is 0 Å². The van der Waals surface area contributed by atoms with E-state index in [1.54, 1.807) is 12.4 Å². The van der Waals surface area contributed by atoms with Gasteiger partial charge in [0.15, 0.2) is 0 Å². The van der Waals surface area contributed by atoms with Gasteiger partial charge >= 0.3 is 0 Å². The van der Waals surface area contributed by atoms with Crippen molar-refractivity contribution in [2.24, 2.45) is 0 Å². The van der Waals surface area contributed by atoms with Crippen LogP contribution < -0.4 is 5.32 Å². The number of H-pyrrole nitrogens is 2. The molecule has 0 aliphatic carbocycles. The second-order valence-corrected chi connectivity index (χ2v) is 9.40. The van der Waals surface area contributed by atoms with E-state index in [-0.39, 0.29) is 0 Å². The third-order valence-corrected chi connectivity index (χ3v) is 6.79. The molecular weight excluding hydrogens is 484 g/mol. The van der Waals surface area contributed by atoms with Crippen LogP contribution in [-0.4, -0.2) is 35.1 Å². The summed E-state index contributed by atoms with van der Waals surface area (Å²) in [6.45, 7) is 1.52. The Morgan fingerprint density at radius 3 is 2.44 bits per heavy atom. The van der Waals surface area contributed by atoms with Gasteiger partial charge in [-0.25, -0.2) is 4.98 Å². The maximum atomic E-state index is 5.00. The molecule has 0 fully saturated rings. The van der Waals surface area contributed by atoms with Crippen molar-refractivity contribution in [3.05, 3.63) is 115 Å².